The molecule has 0 aliphatic carbocycles. The van der Waals surface area contributed by atoms with Crippen molar-refractivity contribution in [2.24, 2.45) is 0 Å². The summed E-state index contributed by atoms with van der Waals surface area (Å²) in [7, 11) is 0. The Morgan fingerprint density at radius 1 is 1.12 bits per heavy atom. The standard InChI is InChI=1S/C15H21NO/c1-4-10-16(11-5-1)12-14-9-8-13-6-2-3-7-15(13)17-14/h2-3,6-7,14H,1,4-5,8-12H2. The van der Waals surface area contributed by atoms with E-state index in [1.807, 2.05) is 0 Å². The van der Waals surface area contributed by atoms with Crippen LogP contribution in [-0.2, 0) is 6.42 Å². The normalized spacial score (nSPS) is 25.1. The first kappa shape index (κ1) is 11.1. The molecule has 2 aliphatic rings. The highest BCUT2D eigenvalue weighted by atomic mass is 16.5. The van der Waals surface area contributed by atoms with Crippen molar-refractivity contribution in [2.75, 3.05) is 19.6 Å². The molecule has 0 spiro atoms. The Morgan fingerprint density at radius 2 is 1.94 bits per heavy atom. The molecule has 1 atom stereocenters. The summed E-state index contributed by atoms with van der Waals surface area (Å²) in [5.74, 6) is 1.11. The van der Waals surface area contributed by atoms with E-state index in [1.165, 1.54) is 50.8 Å². The van der Waals surface area contributed by atoms with E-state index in [1.54, 1.807) is 0 Å². The molecule has 0 bridgehead atoms. The lowest BCUT2D eigenvalue weighted by molar-refractivity contribution is 0.103. The van der Waals surface area contributed by atoms with E-state index in [9.17, 15) is 0 Å². The zero-order chi connectivity index (χ0) is 11.5. The first-order valence-corrected chi connectivity index (χ1v) is 6.89. The predicted octanol–water partition coefficient (Wildman–Crippen LogP) is 2.87. The summed E-state index contributed by atoms with van der Waals surface area (Å²) in [6, 6.07) is 8.47. The second-order valence-electron chi connectivity index (χ2n) is 5.25. The van der Waals surface area contributed by atoms with Crippen molar-refractivity contribution in [3.63, 3.8) is 0 Å². The highest BCUT2D eigenvalue weighted by Gasteiger charge is 2.22. The molecule has 0 saturated carbocycles. The van der Waals surface area contributed by atoms with Crippen LogP contribution in [0.3, 0.4) is 0 Å². The van der Waals surface area contributed by atoms with E-state index in [4.69, 9.17) is 4.74 Å². The minimum atomic E-state index is 0.406. The number of hydrogen-bond donors (Lipinski definition) is 0. The molecule has 1 saturated heterocycles. The fraction of sp³-hybridized carbons (Fsp3) is 0.600. The van der Waals surface area contributed by atoms with Gasteiger partial charge in [-0.3, -0.25) is 4.90 Å². The van der Waals surface area contributed by atoms with E-state index < -0.39 is 0 Å². The summed E-state index contributed by atoms with van der Waals surface area (Å²) in [6.45, 7) is 3.65. The smallest absolute Gasteiger partial charge is 0.122 e. The zero-order valence-electron chi connectivity index (χ0n) is 10.4. The zero-order valence-corrected chi connectivity index (χ0v) is 10.4. The van der Waals surface area contributed by atoms with E-state index in [2.05, 4.69) is 29.2 Å². The fourth-order valence-electron chi connectivity index (χ4n) is 2.94. The Bertz CT molecular complexity index is 371. The van der Waals surface area contributed by atoms with Crippen molar-refractivity contribution in [1.29, 1.82) is 0 Å². The second-order valence-corrected chi connectivity index (χ2v) is 5.25. The molecule has 3 rings (SSSR count). The lowest BCUT2D eigenvalue weighted by atomic mass is 10.0. The van der Waals surface area contributed by atoms with Crippen LogP contribution in [0.5, 0.6) is 5.75 Å². The Morgan fingerprint density at radius 3 is 2.82 bits per heavy atom. The van der Waals surface area contributed by atoms with Crippen LogP contribution in [0.2, 0.25) is 0 Å². The number of nitrogens with zero attached hydrogens (tertiary/aromatic N) is 1. The molecule has 1 fully saturated rings. The van der Waals surface area contributed by atoms with Gasteiger partial charge >= 0.3 is 0 Å². The molecular formula is C15H21NO. The quantitative estimate of drug-likeness (QED) is 0.776. The Labute approximate surface area is 104 Å². The number of fused-ring (bicyclic) bond motifs is 1. The van der Waals surface area contributed by atoms with Crippen molar-refractivity contribution in [2.45, 2.75) is 38.2 Å². The number of aryl methyl sites for hydroxylation is 1. The van der Waals surface area contributed by atoms with E-state index in [-0.39, 0.29) is 0 Å². The number of para-hydroxylation sites is 1. The topological polar surface area (TPSA) is 12.5 Å². The molecule has 0 N–H and O–H groups in total. The van der Waals surface area contributed by atoms with Gasteiger partial charge in [0.2, 0.25) is 0 Å². The van der Waals surface area contributed by atoms with Crippen LogP contribution in [-0.4, -0.2) is 30.6 Å². The van der Waals surface area contributed by atoms with Gasteiger partial charge in [0.15, 0.2) is 0 Å². The van der Waals surface area contributed by atoms with Crippen LogP contribution in [0.25, 0.3) is 0 Å². The van der Waals surface area contributed by atoms with Gasteiger partial charge < -0.3 is 4.74 Å². The molecule has 1 aromatic carbocycles. The van der Waals surface area contributed by atoms with Gasteiger partial charge in [0.25, 0.3) is 0 Å². The van der Waals surface area contributed by atoms with E-state index in [0.717, 1.165) is 12.3 Å². The van der Waals surface area contributed by atoms with Crippen LogP contribution >= 0.6 is 0 Å². The number of ether oxygens (including phenoxy) is 1. The maximum Gasteiger partial charge on any atom is 0.122 e. The van der Waals surface area contributed by atoms with Gasteiger partial charge in [-0.2, -0.15) is 0 Å². The lowest BCUT2D eigenvalue weighted by Gasteiger charge is -2.33. The van der Waals surface area contributed by atoms with Gasteiger partial charge in [0, 0.05) is 6.54 Å². The third-order valence-corrected chi connectivity index (χ3v) is 3.91. The molecule has 2 nitrogen and oxygen atoms in total. The second kappa shape index (κ2) is 5.09. The van der Waals surface area contributed by atoms with E-state index in [0.29, 0.717) is 6.10 Å². The third kappa shape index (κ3) is 2.63. The van der Waals surface area contributed by atoms with Gasteiger partial charge in [0.1, 0.15) is 11.9 Å². The van der Waals surface area contributed by atoms with Gasteiger partial charge in [-0.15, -0.1) is 0 Å². The van der Waals surface area contributed by atoms with Gasteiger partial charge in [-0.1, -0.05) is 24.6 Å². The molecule has 17 heavy (non-hydrogen) atoms. The summed E-state index contributed by atoms with van der Waals surface area (Å²) < 4.78 is 6.09. The maximum atomic E-state index is 6.09. The first-order chi connectivity index (χ1) is 8.42. The minimum Gasteiger partial charge on any atom is -0.489 e. The summed E-state index contributed by atoms with van der Waals surface area (Å²) in [4.78, 5) is 2.57. The highest BCUT2D eigenvalue weighted by Crippen LogP contribution is 2.27. The Balaban J connectivity index is 1.60. The van der Waals surface area contributed by atoms with E-state index >= 15 is 0 Å². The van der Waals surface area contributed by atoms with Crippen molar-refractivity contribution in [1.82, 2.24) is 4.90 Å². The van der Waals surface area contributed by atoms with Crippen LogP contribution < -0.4 is 4.74 Å². The number of rotatable bonds is 2. The maximum absolute atomic E-state index is 6.09. The first-order valence-electron chi connectivity index (χ1n) is 6.89. The molecule has 92 valence electrons. The molecule has 2 heterocycles. The van der Waals surface area contributed by atoms with Crippen LogP contribution in [0.15, 0.2) is 24.3 Å². The van der Waals surface area contributed by atoms with Crippen molar-refractivity contribution < 1.29 is 4.74 Å². The van der Waals surface area contributed by atoms with Gasteiger partial charge in [0.05, 0.1) is 0 Å². The van der Waals surface area contributed by atoms with Crippen molar-refractivity contribution >= 4 is 0 Å². The number of piperidine rings is 1. The Hall–Kier alpha value is -1.02. The number of benzene rings is 1. The van der Waals surface area contributed by atoms with Gasteiger partial charge in [-0.25, -0.2) is 0 Å². The molecule has 0 aromatic heterocycles. The number of hydrogen-bond acceptors (Lipinski definition) is 2. The number of likely N-dealkylation sites (tertiary alicyclic amines) is 1. The average molecular weight is 231 g/mol. The fourth-order valence-corrected chi connectivity index (χ4v) is 2.94. The van der Waals surface area contributed by atoms with Gasteiger partial charge in [-0.05, 0) is 50.4 Å². The minimum absolute atomic E-state index is 0.406. The summed E-state index contributed by atoms with van der Waals surface area (Å²) in [5, 5.41) is 0. The average Bonchev–Trinajstić information content (AvgIpc) is 2.40. The lowest BCUT2D eigenvalue weighted by Crippen LogP contribution is -2.40. The monoisotopic (exact) mass is 231 g/mol. The molecule has 1 aromatic rings. The molecular weight excluding hydrogens is 210 g/mol. The largest absolute Gasteiger partial charge is 0.489 e. The van der Waals surface area contributed by atoms with Crippen LogP contribution in [0, 0.1) is 0 Å². The Kier molecular flexibility index (Phi) is 3.32. The van der Waals surface area contributed by atoms with Crippen LogP contribution in [0.1, 0.15) is 31.2 Å². The summed E-state index contributed by atoms with van der Waals surface area (Å²) in [5.41, 5.74) is 1.38. The molecule has 1 unspecified atom stereocenters. The predicted molar refractivity (Wildman–Crippen MR) is 69.5 cm³/mol. The molecule has 2 heteroatoms. The summed E-state index contributed by atoms with van der Waals surface area (Å²) >= 11 is 0. The SMILES string of the molecule is c1ccc2c(c1)CCC(CN1CCCCC1)O2. The summed E-state index contributed by atoms with van der Waals surface area (Å²) in [6.07, 6.45) is 6.89. The molecule has 0 radical (unpaired) electrons. The van der Waals surface area contributed by atoms with Crippen LogP contribution in [0.4, 0.5) is 0 Å². The third-order valence-electron chi connectivity index (χ3n) is 3.91. The molecule has 0 amide bonds. The molecule has 2 aliphatic heterocycles. The van der Waals surface area contributed by atoms with Crippen molar-refractivity contribution in [3.8, 4) is 5.75 Å². The van der Waals surface area contributed by atoms with Crippen molar-refractivity contribution in [3.05, 3.63) is 29.8 Å². The highest BCUT2D eigenvalue weighted by molar-refractivity contribution is 5.35.